The van der Waals surface area contributed by atoms with Gasteiger partial charge in [-0.15, -0.1) is 0 Å². The normalized spacial score (nSPS) is 16.5. The maximum atomic E-state index is 4.96. The first kappa shape index (κ1) is 8.39. The van der Waals surface area contributed by atoms with Gasteiger partial charge in [-0.1, -0.05) is 5.10 Å². The lowest BCUT2D eigenvalue weighted by molar-refractivity contribution is -0.611. The number of quaternary nitrogens is 1. The lowest BCUT2D eigenvalue weighted by Crippen LogP contribution is -2.75. The van der Waals surface area contributed by atoms with Gasteiger partial charge in [0.2, 0.25) is 0 Å². The molecule has 11 heavy (non-hydrogen) atoms. The number of rotatable bonds is 4. The maximum absolute atomic E-state index is 4.96. The molecular formula is C7H14N3O+. The topological polar surface area (TPSA) is 50.2 Å². The molecule has 0 aromatic rings. The number of methoxy groups -OCH3 is 1. The average molecular weight is 156 g/mol. The predicted molar refractivity (Wildman–Crippen MR) is 43.2 cm³/mol. The van der Waals surface area contributed by atoms with Gasteiger partial charge in [0.1, 0.15) is 12.3 Å². The first-order valence-electron chi connectivity index (χ1n) is 3.61. The molecule has 0 unspecified atom stereocenters. The molecule has 1 rings (SSSR count). The van der Waals surface area contributed by atoms with E-state index in [0.29, 0.717) is 6.61 Å². The van der Waals surface area contributed by atoms with Crippen molar-refractivity contribution in [2.45, 2.75) is 0 Å². The second kappa shape index (κ2) is 4.23. The van der Waals surface area contributed by atoms with Crippen LogP contribution in [0, 0.1) is 0 Å². The minimum atomic E-state index is 0.650. The summed E-state index contributed by atoms with van der Waals surface area (Å²) in [6.07, 6.45) is 2.04. The van der Waals surface area contributed by atoms with Gasteiger partial charge in [0.05, 0.1) is 0 Å². The van der Waals surface area contributed by atoms with Crippen LogP contribution in [0.4, 0.5) is 0 Å². The Morgan fingerprint density at radius 3 is 3.18 bits per heavy atom. The van der Waals surface area contributed by atoms with Crippen molar-refractivity contribution < 1.29 is 10.2 Å². The van der Waals surface area contributed by atoms with Gasteiger partial charge >= 0.3 is 0 Å². The van der Waals surface area contributed by atoms with Crippen molar-refractivity contribution in [1.82, 2.24) is 5.32 Å². The van der Waals surface area contributed by atoms with Gasteiger partial charge in [-0.3, -0.25) is 0 Å². The molecule has 0 fully saturated rings. The first-order valence-corrected chi connectivity index (χ1v) is 3.61. The Bertz CT molecular complexity index is 186. The highest BCUT2D eigenvalue weighted by Gasteiger charge is 2.11. The van der Waals surface area contributed by atoms with Gasteiger partial charge < -0.3 is 10.1 Å². The van der Waals surface area contributed by atoms with E-state index in [1.807, 2.05) is 18.5 Å². The van der Waals surface area contributed by atoms with E-state index >= 15 is 0 Å². The first-order chi connectivity index (χ1) is 5.36. The number of nitrogens with two attached hydrogens (primary N) is 1. The molecule has 4 heteroatoms. The highest BCUT2D eigenvalue weighted by Crippen LogP contribution is 1.90. The largest absolute Gasteiger partial charge is 0.374 e. The van der Waals surface area contributed by atoms with Crippen LogP contribution >= 0.6 is 0 Å². The molecule has 0 atom stereocenters. The summed E-state index contributed by atoms with van der Waals surface area (Å²) in [5, 5.41) is 7.22. The zero-order valence-corrected chi connectivity index (χ0v) is 6.92. The summed E-state index contributed by atoms with van der Waals surface area (Å²) in [7, 11) is 3.59. The fraction of sp³-hybridized carbons (Fsp3) is 0.571. The lowest BCUT2D eigenvalue weighted by Gasteiger charge is -1.91. The van der Waals surface area contributed by atoms with Crippen LogP contribution in [0.15, 0.2) is 16.9 Å². The zero-order valence-electron chi connectivity index (χ0n) is 6.92. The second-order valence-electron chi connectivity index (χ2n) is 2.43. The highest BCUT2D eigenvalue weighted by atomic mass is 16.5. The standard InChI is InChI=1S/C7H13N3O/c1-8-4-6-3-7(5-11-2)10-9-6/h3,8H,4-5H2,1-2H3,(H,9,10)/p+1. The molecule has 0 aromatic carbocycles. The lowest BCUT2D eigenvalue weighted by atomic mass is 10.3. The molecule has 0 aliphatic carbocycles. The van der Waals surface area contributed by atoms with E-state index in [1.165, 1.54) is 0 Å². The molecule has 0 saturated heterocycles. The van der Waals surface area contributed by atoms with Crippen LogP contribution < -0.4 is 10.7 Å². The molecule has 1 aliphatic rings. The van der Waals surface area contributed by atoms with Crippen molar-refractivity contribution in [3.05, 3.63) is 11.8 Å². The summed E-state index contributed by atoms with van der Waals surface area (Å²) < 4.78 is 4.96. The molecule has 0 spiro atoms. The fourth-order valence-corrected chi connectivity index (χ4v) is 0.978. The average Bonchev–Trinajstić information content (AvgIpc) is 2.38. The zero-order chi connectivity index (χ0) is 8.10. The van der Waals surface area contributed by atoms with E-state index in [4.69, 9.17) is 4.74 Å². The number of ether oxygens (including phenoxy) is 1. The Morgan fingerprint density at radius 1 is 1.73 bits per heavy atom. The van der Waals surface area contributed by atoms with Crippen molar-refractivity contribution in [3.8, 4) is 0 Å². The van der Waals surface area contributed by atoms with Crippen LogP contribution in [-0.2, 0) is 4.74 Å². The van der Waals surface area contributed by atoms with E-state index in [1.54, 1.807) is 7.11 Å². The van der Waals surface area contributed by atoms with Crippen molar-refractivity contribution in [3.63, 3.8) is 0 Å². The summed E-state index contributed by atoms with van der Waals surface area (Å²) in [6, 6.07) is 0. The molecule has 4 nitrogen and oxygen atoms in total. The van der Waals surface area contributed by atoms with Gasteiger partial charge in [0.15, 0.2) is 5.70 Å². The Balaban J connectivity index is 2.36. The molecule has 1 heterocycles. The van der Waals surface area contributed by atoms with Crippen LogP contribution in [0.2, 0.25) is 0 Å². The van der Waals surface area contributed by atoms with E-state index in [9.17, 15) is 0 Å². The molecule has 0 aromatic heterocycles. The minimum Gasteiger partial charge on any atom is -0.374 e. The van der Waals surface area contributed by atoms with Gasteiger partial charge in [0.25, 0.3) is 0 Å². The van der Waals surface area contributed by atoms with E-state index in [-0.39, 0.29) is 0 Å². The molecule has 0 bridgehead atoms. The van der Waals surface area contributed by atoms with Crippen molar-refractivity contribution in [2.75, 3.05) is 27.3 Å². The minimum absolute atomic E-state index is 0.650. The van der Waals surface area contributed by atoms with Crippen LogP contribution in [0.5, 0.6) is 0 Å². The molecular weight excluding hydrogens is 142 g/mol. The van der Waals surface area contributed by atoms with Gasteiger partial charge in [-0.2, -0.15) is 5.43 Å². The number of nitrogens with zero attached hydrogens (tertiary/aromatic N) is 1. The summed E-state index contributed by atoms with van der Waals surface area (Å²) in [5.41, 5.74) is 4.05. The van der Waals surface area contributed by atoms with Crippen molar-refractivity contribution in [2.24, 2.45) is 5.10 Å². The van der Waals surface area contributed by atoms with Crippen molar-refractivity contribution >= 4 is 5.71 Å². The Hall–Kier alpha value is -0.710. The molecule has 0 saturated carbocycles. The summed E-state index contributed by atoms with van der Waals surface area (Å²) in [6.45, 7) is 1.47. The number of hydrogen-bond donors (Lipinski definition) is 2. The predicted octanol–water partition coefficient (Wildman–Crippen LogP) is -1.33. The highest BCUT2D eigenvalue weighted by molar-refractivity contribution is 5.97. The smallest absolute Gasteiger partial charge is 0.160 e. The second-order valence-corrected chi connectivity index (χ2v) is 2.43. The summed E-state index contributed by atoms with van der Waals surface area (Å²) >= 11 is 0. The monoisotopic (exact) mass is 156 g/mol. The fourth-order valence-electron chi connectivity index (χ4n) is 0.978. The maximum Gasteiger partial charge on any atom is 0.160 e. The van der Waals surface area contributed by atoms with Crippen molar-refractivity contribution in [1.29, 1.82) is 0 Å². The third kappa shape index (κ3) is 2.42. The Kier molecular flexibility index (Phi) is 3.22. The van der Waals surface area contributed by atoms with E-state index in [0.717, 1.165) is 18.0 Å². The van der Waals surface area contributed by atoms with E-state index < -0.39 is 0 Å². The van der Waals surface area contributed by atoms with E-state index in [2.05, 4.69) is 10.4 Å². The SMILES string of the molecule is CNCC1=N[NH2+]C(COC)=C1. The van der Waals surface area contributed by atoms with Crippen LogP contribution in [0.25, 0.3) is 0 Å². The third-order valence-corrected chi connectivity index (χ3v) is 1.42. The Labute approximate surface area is 66.3 Å². The number of hydrogen-bond acceptors (Lipinski definition) is 3. The third-order valence-electron chi connectivity index (χ3n) is 1.42. The molecule has 3 N–H and O–H groups in total. The summed E-state index contributed by atoms with van der Waals surface area (Å²) in [4.78, 5) is 0. The molecule has 0 amide bonds. The Morgan fingerprint density at radius 2 is 2.55 bits per heavy atom. The molecule has 62 valence electrons. The van der Waals surface area contributed by atoms with Crippen LogP contribution in [-0.4, -0.2) is 33.0 Å². The summed E-state index contributed by atoms with van der Waals surface area (Å²) in [5.74, 6) is 0. The van der Waals surface area contributed by atoms with Crippen LogP contribution in [0.3, 0.4) is 0 Å². The van der Waals surface area contributed by atoms with Gasteiger partial charge in [-0.05, 0) is 7.05 Å². The molecule has 1 aliphatic heterocycles. The van der Waals surface area contributed by atoms with Crippen LogP contribution in [0.1, 0.15) is 0 Å². The molecule has 0 radical (unpaired) electrons. The number of nitrogens with one attached hydrogen (secondary N) is 1. The quantitative estimate of drug-likeness (QED) is 0.495. The van der Waals surface area contributed by atoms with Gasteiger partial charge in [-0.25, -0.2) is 0 Å². The van der Waals surface area contributed by atoms with Gasteiger partial charge in [0, 0.05) is 19.7 Å².